The number of hydrogen-bond donors (Lipinski definition) is 1. The Morgan fingerprint density at radius 2 is 1.92 bits per heavy atom. The molecule has 0 spiro atoms. The van der Waals surface area contributed by atoms with Gasteiger partial charge in [0, 0.05) is 11.4 Å². The summed E-state index contributed by atoms with van der Waals surface area (Å²) in [6.45, 7) is 12.3. The summed E-state index contributed by atoms with van der Waals surface area (Å²) in [5.41, 5.74) is 3.99. The average Bonchev–Trinajstić information content (AvgIpc) is 3.06. The van der Waals surface area contributed by atoms with Crippen molar-refractivity contribution in [2.75, 3.05) is 13.1 Å². The summed E-state index contributed by atoms with van der Waals surface area (Å²) in [5.74, 6) is 0.237. The van der Waals surface area contributed by atoms with Gasteiger partial charge in [0.15, 0.2) is 6.54 Å². The van der Waals surface area contributed by atoms with Crippen molar-refractivity contribution < 1.29 is 10.1 Å². The standard InChI is InChI=1S/C22H30N2OS/c1-15(2)23-14-20(25)24-12-10-19-18(11-13-26-19)21(24)16-6-8-17(9-7-16)22(3,4)5/h6-9,11,13,15,21,23H,10,12,14H2,1-5H3/p+1/t21-/m1/s1. The molecule has 2 heterocycles. The third-order valence-electron chi connectivity index (χ3n) is 5.14. The number of carbonyl (C=O) groups excluding carboxylic acids is 1. The highest BCUT2D eigenvalue weighted by Crippen LogP contribution is 2.38. The first-order chi connectivity index (χ1) is 12.3. The highest BCUT2D eigenvalue weighted by Gasteiger charge is 2.33. The molecule has 1 amide bonds. The molecule has 0 aliphatic carbocycles. The molecular formula is C22H31N2OS+. The van der Waals surface area contributed by atoms with Gasteiger partial charge in [-0.2, -0.15) is 0 Å². The van der Waals surface area contributed by atoms with Crippen LogP contribution in [0.25, 0.3) is 0 Å². The van der Waals surface area contributed by atoms with Crippen LogP contribution in [0.4, 0.5) is 0 Å². The second kappa shape index (κ2) is 7.53. The molecule has 3 nitrogen and oxygen atoms in total. The van der Waals surface area contributed by atoms with E-state index in [-0.39, 0.29) is 17.4 Å². The van der Waals surface area contributed by atoms with Crippen LogP contribution in [0.1, 0.15) is 62.2 Å². The molecule has 3 rings (SSSR count). The van der Waals surface area contributed by atoms with Crippen molar-refractivity contribution in [1.82, 2.24) is 4.90 Å². The number of rotatable bonds is 4. The number of hydrogen-bond acceptors (Lipinski definition) is 2. The second-order valence-corrected chi connectivity index (χ2v) is 9.60. The van der Waals surface area contributed by atoms with E-state index >= 15 is 0 Å². The minimum atomic E-state index is 0.0482. The van der Waals surface area contributed by atoms with Crippen LogP contribution in [0.5, 0.6) is 0 Å². The molecule has 1 aromatic carbocycles. The van der Waals surface area contributed by atoms with Crippen molar-refractivity contribution in [2.45, 2.75) is 58.5 Å². The van der Waals surface area contributed by atoms with Gasteiger partial charge >= 0.3 is 0 Å². The van der Waals surface area contributed by atoms with Gasteiger partial charge in [0.05, 0.1) is 12.1 Å². The van der Waals surface area contributed by atoms with Gasteiger partial charge in [-0.1, -0.05) is 45.0 Å². The summed E-state index contributed by atoms with van der Waals surface area (Å²) >= 11 is 1.82. The van der Waals surface area contributed by atoms with E-state index in [2.05, 4.69) is 80.5 Å². The number of fused-ring (bicyclic) bond motifs is 1. The Morgan fingerprint density at radius 3 is 2.54 bits per heavy atom. The zero-order valence-electron chi connectivity index (χ0n) is 16.6. The van der Waals surface area contributed by atoms with Crippen LogP contribution < -0.4 is 5.32 Å². The van der Waals surface area contributed by atoms with E-state index in [4.69, 9.17) is 0 Å². The summed E-state index contributed by atoms with van der Waals surface area (Å²) in [4.78, 5) is 16.4. The molecule has 2 N–H and O–H groups in total. The van der Waals surface area contributed by atoms with E-state index in [1.165, 1.54) is 21.6 Å². The first kappa shape index (κ1) is 19.1. The molecule has 2 aromatic rings. The predicted molar refractivity (Wildman–Crippen MR) is 109 cm³/mol. The van der Waals surface area contributed by atoms with Gasteiger partial charge in [-0.3, -0.25) is 4.79 Å². The Bertz CT molecular complexity index is 755. The molecule has 26 heavy (non-hydrogen) atoms. The highest BCUT2D eigenvalue weighted by atomic mass is 32.1. The minimum absolute atomic E-state index is 0.0482. The predicted octanol–water partition coefficient (Wildman–Crippen LogP) is 3.49. The minimum Gasteiger partial charge on any atom is -0.336 e. The van der Waals surface area contributed by atoms with Crippen molar-refractivity contribution >= 4 is 17.2 Å². The van der Waals surface area contributed by atoms with Crippen molar-refractivity contribution in [3.05, 3.63) is 57.3 Å². The molecule has 0 fully saturated rings. The number of quaternary nitrogens is 1. The normalized spacial score (nSPS) is 17.5. The van der Waals surface area contributed by atoms with Gasteiger partial charge in [0.1, 0.15) is 0 Å². The number of thiophene rings is 1. The van der Waals surface area contributed by atoms with Gasteiger partial charge < -0.3 is 10.2 Å². The average molecular weight is 372 g/mol. The topological polar surface area (TPSA) is 36.9 Å². The van der Waals surface area contributed by atoms with E-state index in [9.17, 15) is 4.79 Å². The zero-order valence-corrected chi connectivity index (χ0v) is 17.4. The van der Waals surface area contributed by atoms with Gasteiger partial charge in [0.25, 0.3) is 5.91 Å². The summed E-state index contributed by atoms with van der Waals surface area (Å²) in [5, 5.41) is 4.28. The maximum atomic E-state index is 12.9. The quantitative estimate of drug-likeness (QED) is 0.878. The van der Waals surface area contributed by atoms with Crippen LogP contribution in [0, 0.1) is 0 Å². The number of nitrogens with zero attached hydrogens (tertiary/aromatic N) is 1. The lowest BCUT2D eigenvalue weighted by Crippen LogP contribution is -2.90. The summed E-state index contributed by atoms with van der Waals surface area (Å²) in [7, 11) is 0. The summed E-state index contributed by atoms with van der Waals surface area (Å²) < 4.78 is 0. The fourth-order valence-electron chi connectivity index (χ4n) is 3.56. The highest BCUT2D eigenvalue weighted by molar-refractivity contribution is 7.10. The maximum Gasteiger partial charge on any atom is 0.278 e. The summed E-state index contributed by atoms with van der Waals surface area (Å²) in [6, 6.07) is 11.6. The molecule has 1 aliphatic heterocycles. The van der Waals surface area contributed by atoms with Crippen molar-refractivity contribution in [3.63, 3.8) is 0 Å². The SMILES string of the molecule is CC(C)[NH2+]CC(=O)N1CCc2sccc2[C@H]1c1ccc(C(C)(C)C)cc1. The van der Waals surface area contributed by atoms with Gasteiger partial charge in [-0.25, -0.2) is 0 Å². The molecule has 1 atom stereocenters. The molecule has 0 radical (unpaired) electrons. The maximum absolute atomic E-state index is 12.9. The fourth-order valence-corrected chi connectivity index (χ4v) is 4.47. The Labute approximate surface area is 161 Å². The number of benzene rings is 1. The molecule has 0 saturated carbocycles. The van der Waals surface area contributed by atoms with Crippen LogP contribution in [0.2, 0.25) is 0 Å². The van der Waals surface area contributed by atoms with Crippen LogP contribution in [0.15, 0.2) is 35.7 Å². The molecule has 1 aliphatic rings. The van der Waals surface area contributed by atoms with E-state index < -0.39 is 0 Å². The van der Waals surface area contributed by atoms with E-state index in [0.717, 1.165) is 13.0 Å². The third kappa shape index (κ3) is 4.02. The number of amides is 1. The van der Waals surface area contributed by atoms with Crippen molar-refractivity contribution in [3.8, 4) is 0 Å². The van der Waals surface area contributed by atoms with E-state index in [1.54, 1.807) is 0 Å². The fraction of sp³-hybridized carbons (Fsp3) is 0.500. The first-order valence-electron chi connectivity index (χ1n) is 9.57. The van der Waals surface area contributed by atoms with Gasteiger partial charge in [-0.15, -0.1) is 11.3 Å². The molecule has 4 heteroatoms. The number of carbonyl (C=O) groups is 1. The van der Waals surface area contributed by atoms with Crippen LogP contribution in [-0.4, -0.2) is 29.9 Å². The first-order valence-corrected chi connectivity index (χ1v) is 10.4. The molecule has 140 valence electrons. The lowest BCUT2D eigenvalue weighted by Gasteiger charge is -2.36. The molecular weight excluding hydrogens is 340 g/mol. The van der Waals surface area contributed by atoms with E-state index in [1.807, 2.05) is 11.3 Å². The molecule has 1 aromatic heterocycles. The zero-order chi connectivity index (χ0) is 18.9. The van der Waals surface area contributed by atoms with Crippen LogP contribution in [-0.2, 0) is 16.6 Å². The summed E-state index contributed by atoms with van der Waals surface area (Å²) in [6.07, 6.45) is 0.969. The second-order valence-electron chi connectivity index (χ2n) is 8.59. The Kier molecular flexibility index (Phi) is 5.54. The number of nitrogens with two attached hydrogens (primary N) is 1. The van der Waals surface area contributed by atoms with E-state index in [0.29, 0.717) is 12.6 Å². The van der Waals surface area contributed by atoms with Crippen LogP contribution >= 0.6 is 11.3 Å². The Hall–Kier alpha value is -1.65. The lowest BCUT2D eigenvalue weighted by molar-refractivity contribution is -0.673. The largest absolute Gasteiger partial charge is 0.336 e. The molecule has 0 unspecified atom stereocenters. The van der Waals surface area contributed by atoms with Gasteiger partial charge in [0.2, 0.25) is 0 Å². The smallest absolute Gasteiger partial charge is 0.278 e. The molecule has 0 saturated heterocycles. The van der Waals surface area contributed by atoms with Crippen molar-refractivity contribution in [1.29, 1.82) is 0 Å². The van der Waals surface area contributed by atoms with Crippen LogP contribution in [0.3, 0.4) is 0 Å². The third-order valence-corrected chi connectivity index (χ3v) is 6.14. The molecule has 0 bridgehead atoms. The monoisotopic (exact) mass is 371 g/mol. The Balaban J connectivity index is 1.92. The Morgan fingerprint density at radius 1 is 1.23 bits per heavy atom. The lowest BCUT2D eigenvalue weighted by atomic mass is 9.85. The van der Waals surface area contributed by atoms with Gasteiger partial charge in [-0.05, 0) is 53.8 Å². The van der Waals surface area contributed by atoms with Crippen molar-refractivity contribution in [2.24, 2.45) is 0 Å².